The first-order valence-corrected chi connectivity index (χ1v) is 14.3. The summed E-state index contributed by atoms with van der Waals surface area (Å²) < 4.78 is 70.5. The van der Waals surface area contributed by atoms with Gasteiger partial charge < -0.3 is 14.1 Å². The summed E-state index contributed by atoms with van der Waals surface area (Å²) in [7, 11) is -9.75. The van der Waals surface area contributed by atoms with Gasteiger partial charge in [-0.1, -0.05) is 12.1 Å². The molecule has 5 aromatic rings. The summed E-state index contributed by atoms with van der Waals surface area (Å²) in [5, 5.41) is 25.2. The average Bonchev–Trinajstić information content (AvgIpc) is 3.31. The Morgan fingerprint density at radius 3 is 2.09 bits per heavy atom. The van der Waals surface area contributed by atoms with Crippen molar-refractivity contribution in [2.75, 3.05) is 0 Å². The van der Waals surface area contributed by atoms with Crippen molar-refractivity contribution in [3.05, 3.63) is 88.2 Å². The molecule has 0 aliphatic carbocycles. The molecular formula is C25H15N7Na2O7S2. The Kier molecular flexibility index (Phi) is 10.6. The number of imidazole rings is 1. The van der Waals surface area contributed by atoms with Crippen molar-refractivity contribution >= 4 is 59.7 Å². The Morgan fingerprint density at radius 1 is 0.837 bits per heavy atom. The van der Waals surface area contributed by atoms with E-state index in [0.717, 1.165) is 24.3 Å². The van der Waals surface area contributed by atoms with Crippen LogP contribution in [0.1, 0.15) is 11.1 Å². The third-order valence-corrected chi connectivity index (χ3v) is 7.70. The fraction of sp³-hybridized carbons (Fsp3) is 0.0400. The summed E-state index contributed by atoms with van der Waals surface area (Å²) in [6.45, 7) is 1.49. The first kappa shape index (κ1) is 34.4. The first-order valence-electron chi connectivity index (χ1n) is 11.4. The van der Waals surface area contributed by atoms with Crippen LogP contribution in [0, 0.1) is 18.3 Å². The molecule has 43 heavy (non-hydrogen) atoms. The standard InChI is InChI=1S/C25H17N7O7S2.2Na/c1-14-18(13-26)24-27-19-4-2-3-5-21(19)32(24)25(33)23(14)31-30-20-11-8-16(12-22(20)41(37,38)39)29-28-15-6-9-17(10-7-15)40(34,35)36;;/h2-12,27H,1H3,(H,34,35,36)(H,37,38,39);;/q;2*+1/p-2. The number of nitrogens with zero attached hydrogens (tertiary/aromatic N) is 6. The number of aromatic nitrogens is 2. The van der Waals surface area contributed by atoms with Crippen LogP contribution in [0.3, 0.4) is 0 Å². The number of benzene rings is 3. The smallest absolute Gasteiger partial charge is 0.744 e. The van der Waals surface area contributed by atoms with Gasteiger partial charge in [0.25, 0.3) is 5.56 Å². The van der Waals surface area contributed by atoms with E-state index in [1.165, 1.54) is 29.5 Å². The van der Waals surface area contributed by atoms with E-state index in [2.05, 4.69) is 25.4 Å². The Bertz CT molecular complexity index is 2260. The van der Waals surface area contributed by atoms with Crippen LogP contribution in [0.5, 0.6) is 0 Å². The number of aromatic amines is 1. The van der Waals surface area contributed by atoms with Gasteiger partial charge in [0, 0.05) is 5.56 Å². The number of hydrogen-bond acceptors (Lipinski definition) is 12. The van der Waals surface area contributed by atoms with Gasteiger partial charge >= 0.3 is 59.1 Å². The van der Waals surface area contributed by atoms with Crippen LogP contribution in [0.15, 0.2) is 102 Å². The number of azo groups is 2. The molecule has 0 radical (unpaired) electrons. The normalized spacial score (nSPS) is 12.0. The molecule has 0 saturated heterocycles. The van der Waals surface area contributed by atoms with Gasteiger partial charge in [0.1, 0.15) is 37.6 Å². The van der Waals surface area contributed by atoms with E-state index in [4.69, 9.17) is 0 Å². The summed E-state index contributed by atoms with van der Waals surface area (Å²) in [5.41, 5.74) is 0.515. The minimum atomic E-state index is -5.10. The molecule has 0 spiro atoms. The van der Waals surface area contributed by atoms with Gasteiger partial charge in [-0.15, -0.1) is 10.2 Å². The number of nitrogens with one attached hydrogen (secondary N) is 1. The van der Waals surface area contributed by atoms with Crippen LogP contribution < -0.4 is 64.7 Å². The number of fused-ring (bicyclic) bond motifs is 3. The SMILES string of the molecule is Cc1c(N=Nc2ccc(N=Nc3ccc(S(=O)(=O)[O-])cc3)cc2S(=O)(=O)[O-])c(=O)n2c([nH]c3ccccc32)c1C#N.[Na+].[Na+]. The van der Waals surface area contributed by atoms with E-state index in [9.17, 15) is 36.0 Å². The van der Waals surface area contributed by atoms with Crippen LogP contribution in [0.25, 0.3) is 16.7 Å². The largest absolute Gasteiger partial charge is 1.00 e. The predicted molar refractivity (Wildman–Crippen MR) is 142 cm³/mol. The predicted octanol–water partition coefficient (Wildman–Crippen LogP) is -1.39. The molecule has 1 N–H and O–H groups in total. The van der Waals surface area contributed by atoms with Gasteiger partial charge in [-0.25, -0.2) is 16.8 Å². The molecule has 14 nitrogen and oxygen atoms in total. The summed E-state index contributed by atoms with van der Waals surface area (Å²) in [6.07, 6.45) is 0. The minimum absolute atomic E-state index is 0. The molecule has 0 saturated carbocycles. The van der Waals surface area contributed by atoms with Gasteiger partial charge in [0.15, 0.2) is 5.69 Å². The third-order valence-electron chi connectivity index (χ3n) is 5.98. The van der Waals surface area contributed by atoms with E-state index in [1.807, 2.05) is 6.07 Å². The molecule has 18 heteroatoms. The number of pyridine rings is 1. The maximum Gasteiger partial charge on any atom is 1.00 e. The second kappa shape index (κ2) is 13.3. The average molecular weight is 636 g/mol. The number of H-pyrrole nitrogens is 1. The van der Waals surface area contributed by atoms with Crippen LogP contribution in [0.2, 0.25) is 0 Å². The number of para-hydroxylation sites is 2. The van der Waals surface area contributed by atoms with E-state index >= 15 is 0 Å². The van der Waals surface area contributed by atoms with E-state index < -0.39 is 35.6 Å². The fourth-order valence-corrected chi connectivity index (χ4v) is 5.13. The van der Waals surface area contributed by atoms with Crippen molar-refractivity contribution in [2.24, 2.45) is 20.5 Å². The molecule has 0 aliphatic heterocycles. The number of nitriles is 1. The van der Waals surface area contributed by atoms with Crippen LogP contribution in [-0.2, 0) is 20.2 Å². The molecular weight excluding hydrogens is 620 g/mol. The number of rotatable bonds is 6. The van der Waals surface area contributed by atoms with Crippen molar-refractivity contribution in [1.29, 1.82) is 5.26 Å². The maximum absolute atomic E-state index is 13.4. The van der Waals surface area contributed by atoms with E-state index in [1.54, 1.807) is 24.3 Å². The summed E-state index contributed by atoms with van der Waals surface area (Å²) >= 11 is 0. The Balaban J connectivity index is 0.00000253. The number of hydrogen-bond donors (Lipinski definition) is 1. The molecule has 0 fully saturated rings. The molecule has 0 bridgehead atoms. The van der Waals surface area contributed by atoms with E-state index in [-0.39, 0.29) is 98.6 Å². The van der Waals surface area contributed by atoms with Crippen LogP contribution in [0.4, 0.5) is 22.7 Å². The first-order chi connectivity index (χ1) is 19.4. The molecule has 2 heterocycles. The molecule has 3 aromatic carbocycles. The molecule has 206 valence electrons. The van der Waals surface area contributed by atoms with Gasteiger partial charge in [-0.2, -0.15) is 15.5 Å². The van der Waals surface area contributed by atoms with Crippen molar-refractivity contribution in [3.8, 4) is 6.07 Å². The second-order valence-corrected chi connectivity index (χ2v) is 11.3. The molecule has 0 unspecified atom stereocenters. The topological polar surface area (TPSA) is 225 Å². The molecule has 0 amide bonds. The van der Waals surface area contributed by atoms with Crippen molar-refractivity contribution in [2.45, 2.75) is 16.7 Å². The van der Waals surface area contributed by atoms with Gasteiger partial charge in [0.2, 0.25) is 0 Å². The zero-order chi connectivity index (χ0) is 29.5. The van der Waals surface area contributed by atoms with Crippen LogP contribution >= 0.6 is 0 Å². The molecule has 2 aromatic heterocycles. The molecule has 5 rings (SSSR count). The van der Waals surface area contributed by atoms with Gasteiger partial charge in [-0.05, 0) is 61.5 Å². The van der Waals surface area contributed by atoms with Crippen molar-refractivity contribution in [1.82, 2.24) is 9.38 Å². The van der Waals surface area contributed by atoms with Crippen molar-refractivity contribution in [3.63, 3.8) is 0 Å². The van der Waals surface area contributed by atoms with Crippen molar-refractivity contribution < 1.29 is 85.1 Å². The minimum Gasteiger partial charge on any atom is -0.744 e. The summed E-state index contributed by atoms with van der Waals surface area (Å²) in [6, 6.07) is 16.7. The summed E-state index contributed by atoms with van der Waals surface area (Å²) in [4.78, 5) is 15.1. The van der Waals surface area contributed by atoms with Gasteiger partial charge in [0.05, 0.1) is 37.8 Å². The summed E-state index contributed by atoms with van der Waals surface area (Å²) in [5.74, 6) is 0. The Morgan fingerprint density at radius 2 is 1.47 bits per heavy atom. The third kappa shape index (κ3) is 7.02. The molecule has 0 atom stereocenters. The van der Waals surface area contributed by atoms with E-state index in [0.29, 0.717) is 11.0 Å². The Labute approximate surface area is 288 Å². The molecule has 0 aliphatic rings. The quantitative estimate of drug-likeness (QED) is 0.132. The maximum atomic E-state index is 13.4. The second-order valence-electron chi connectivity index (χ2n) is 8.55. The van der Waals surface area contributed by atoms with Crippen LogP contribution in [-0.4, -0.2) is 35.3 Å². The fourth-order valence-electron chi connectivity index (χ4n) is 4.03. The Hall–Kier alpha value is -3.08. The monoisotopic (exact) mass is 635 g/mol. The van der Waals surface area contributed by atoms with Gasteiger partial charge in [-0.3, -0.25) is 9.20 Å². The zero-order valence-electron chi connectivity index (χ0n) is 22.7. The zero-order valence-corrected chi connectivity index (χ0v) is 28.3.